The summed E-state index contributed by atoms with van der Waals surface area (Å²) in [5.41, 5.74) is 1.19. The Morgan fingerprint density at radius 1 is 1.24 bits per heavy atom. The van der Waals surface area contributed by atoms with Crippen molar-refractivity contribution < 1.29 is 14.6 Å². The molecule has 3 heteroatoms. The van der Waals surface area contributed by atoms with Gasteiger partial charge in [-0.25, -0.2) is 0 Å². The van der Waals surface area contributed by atoms with Crippen molar-refractivity contribution in [3.05, 3.63) is 35.9 Å². The monoisotopic (exact) mass is 236 g/mol. The van der Waals surface area contributed by atoms with Gasteiger partial charge in [-0.1, -0.05) is 30.3 Å². The molecule has 0 bridgehead atoms. The van der Waals surface area contributed by atoms with Gasteiger partial charge in [0, 0.05) is 13.5 Å². The van der Waals surface area contributed by atoms with Crippen molar-refractivity contribution in [2.75, 3.05) is 7.11 Å². The molecule has 1 aromatic carbocycles. The van der Waals surface area contributed by atoms with E-state index in [1.807, 2.05) is 18.2 Å². The highest BCUT2D eigenvalue weighted by Crippen LogP contribution is 2.24. The van der Waals surface area contributed by atoms with Gasteiger partial charge in [-0.2, -0.15) is 0 Å². The fourth-order valence-corrected chi connectivity index (χ4v) is 2.27. The first-order valence-corrected chi connectivity index (χ1v) is 6.16. The highest BCUT2D eigenvalue weighted by molar-refractivity contribution is 5.13. The van der Waals surface area contributed by atoms with Crippen molar-refractivity contribution in [2.45, 2.75) is 44.2 Å². The van der Waals surface area contributed by atoms with Crippen molar-refractivity contribution in [3.8, 4) is 0 Å². The van der Waals surface area contributed by atoms with Crippen LogP contribution in [0.2, 0.25) is 0 Å². The predicted octanol–water partition coefficient (Wildman–Crippen LogP) is 2.13. The standard InChI is InChI=1S/C14H20O3/c1-16-14-9-12(7-8-13(14)15)17-10-11-5-3-2-4-6-11/h2-6,12-15H,7-10H2,1H3. The first-order valence-electron chi connectivity index (χ1n) is 6.16. The molecule has 0 aromatic heterocycles. The van der Waals surface area contributed by atoms with Gasteiger partial charge >= 0.3 is 0 Å². The van der Waals surface area contributed by atoms with Crippen LogP contribution in [-0.2, 0) is 16.1 Å². The van der Waals surface area contributed by atoms with Gasteiger partial charge in [-0.05, 0) is 18.4 Å². The number of aliphatic hydroxyl groups is 1. The highest BCUT2D eigenvalue weighted by atomic mass is 16.5. The van der Waals surface area contributed by atoms with Crippen molar-refractivity contribution in [1.82, 2.24) is 0 Å². The predicted molar refractivity (Wildman–Crippen MR) is 65.7 cm³/mol. The summed E-state index contributed by atoms with van der Waals surface area (Å²) in [6.07, 6.45) is 2.24. The summed E-state index contributed by atoms with van der Waals surface area (Å²) in [6, 6.07) is 10.2. The molecule has 94 valence electrons. The van der Waals surface area contributed by atoms with Gasteiger partial charge in [0.25, 0.3) is 0 Å². The van der Waals surface area contributed by atoms with E-state index in [9.17, 15) is 5.11 Å². The summed E-state index contributed by atoms with van der Waals surface area (Å²) in [6.45, 7) is 0.637. The zero-order valence-electron chi connectivity index (χ0n) is 10.2. The molecule has 1 aliphatic carbocycles. The molecule has 0 saturated heterocycles. The maximum atomic E-state index is 9.69. The minimum atomic E-state index is -0.337. The summed E-state index contributed by atoms with van der Waals surface area (Å²) in [5.74, 6) is 0. The maximum absolute atomic E-state index is 9.69. The first-order chi connectivity index (χ1) is 8.29. The van der Waals surface area contributed by atoms with Gasteiger partial charge in [0.05, 0.1) is 24.9 Å². The Balaban J connectivity index is 1.80. The third kappa shape index (κ3) is 3.53. The normalized spacial score (nSPS) is 29.2. The summed E-state index contributed by atoms with van der Waals surface area (Å²) in [4.78, 5) is 0. The van der Waals surface area contributed by atoms with E-state index >= 15 is 0 Å². The van der Waals surface area contributed by atoms with Crippen LogP contribution in [0.15, 0.2) is 30.3 Å². The third-order valence-corrected chi connectivity index (χ3v) is 3.34. The van der Waals surface area contributed by atoms with Gasteiger partial charge in [0.15, 0.2) is 0 Å². The van der Waals surface area contributed by atoms with Gasteiger partial charge in [0.1, 0.15) is 0 Å². The molecule has 1 saturated carbocycles. The Labute approximate surface area is 102 Å². The molecule has 1 fully saturated rings. The third-order valence-electron chi connectivity index (χ3n) is 3.34. The molecule has 0 heterocycles. The lowest BCUT2D eigenvalue weighted by molar-refractivity contribution is -0.0920. The van der Waals surface area contributed by atoms with Crippen LogP contribution in [-0.4, -0.2) is 30.5 Å². The van der Waals surface area contributed by atoms with E-state index in [-0.39, 0.29) is 18.3 Å². The Hall–Kier alpha value is -0.900. The average Bonchev–Trinajstić information content (AvgIpc) is 2.39. The summed E-state index contributed by atoms with van der Waals surface area (Å²) >= 11 is 0. The Morgan fingerprint density at radius 3 is 2.71 bits per heavy atom. The van der Waals surface area contributed by atoms with Crippen molar-refractivity contribution in [2.24, 2.45) is 0 Å². The molecular formula is C14H20O3. The molecule has 0 aliphatic heterocycles. The molecular weight excluding hydrogens is 216 g/mol. The molecule has 0 radical (unpaired) electrons. The van der Waals surface area contributed by atoms with Crippen LogP contribution in [0.1, 0.15) is 24.8 Å². The molecule has 1 N–H and O–H groups in total. The van der Waals surface area contributed by atoms with Crippen molar-refractivity contribution >= 4 is 0 Å². The van der Waals surface area contributed by atoms with Crippen LogP contribution in [0.3, 0.4) is 0 Å². The van der Waals surface area contributed by atoms with Gasteiger partial charge in [0.2, 0.25) is 0 Å². The second-order valence-electron chi connectivity index (χ2n) is 4.57. The van der Waals surface area contributed by atoms with E-state index in [0.717, 1.165) is 19.3 Å². The molecule has 17 heavy (non-hydrogen) atoms. The topological polar surface area (TPSA) is 38.7 Å². The summed E-state index contributed by atoms with van der Waals surface area (Å²) in [7, 11) is 1.65. The zero-order valence-corrected chi connectivity index (χ0v) is 10.2. The van der Waals surface area contributed by atoms with E-state index in [1.165, 1.54) is 5.56 Å². The van der Waals surface area contributed by atoms with Crippen molar-refractivity contribution in [1.29, 1.82) is 0 Å². The summed E-state index contributed by atoms with van der Waals surface area (Å²) < 4.78 is 11.1. The Morgan fingerprint density at radius 2 is 2.00 bits per heavy atom. The fourth-order valence-electron chi connectivity index (χ4n) is 2.27. The van der Waals surface area contributed by atoms with Crippen LogP contribution < -0.4 is 0 Å². The molecule has 2 rings (SSSR count). The molecule has 0 amide bonds. The SMILES string of the molecule is COC1CC(OCc2ccccc2)CCC1O. The number of hydrogen-bond donors (Lipinski definition) is 1. The molecule has 3 atom stereocenters. The number of aliphatic hydroxyl groups excluding tert-OH is 1. The van der Waals surface area contributed by atoms with Crippen molar-refractivity contribution in [3.63, 3.8) is 0 Å². The van der Waals surface area contributed by atoms with E-state index in [0.29, 0.717) is 6.61 Å². The highest BCUT2D eigenvalue weighted by Gasteiger charge is 2.29. The smallest absolute Gasteiger partial charge is 0.0854 e. The second kappa shape index (κ2) is 6.15. The number of benzene rings is 1. The number of rotatable bonds is 4. The number of methoxy groups -OCH3 is 1. The second-order valence-corrected chi connectivity index (χ2v) is 4.57. The van der Waals surface area contributed by atoms with Gasteiger partial charge in [-0.3, -0.25) is 0 Å². The summed E-state index contributed by atoms with van der Waals surface area (Å²) in [5, 5.41) is 9.69. The molecule has 1 aliphatic rings. The lowest BCUT2D eigenvalue weighted by Gasteiger charge is -2.32. The van der Waals surface area contributed by atoms with Crippen LogP contribution >= 0.6 is 0 Å². The lowest BCUT2D eigenvalue weighted by Crippen LogP contribution is -2.38. The van der Waals surface area contributed by atoms with E-state index in [2.05, 4.69) is 12.1 Å². The van der Waals surface area contributed by atoms with E-state index < -0.39 is 0 Å². The average molecular weight is 236 g/mol. The Bertz CT molecular complexity index is 325. The molecule has 3 nitrogen and oxygen atoms in total. The minimum absolute atomic E-state index is 0.0791. The van der Waals surface area contributed by atoms with E-state index in [4.69, 9.17) is 9.47 Å². The van der Waals surface area contributed by atoms with Crippen LogP contribution in [0.25, 0.3) is 0 Å². The quantitative estimate of drug-likeness (QED) is 0.870. The number of ether oxygens (including phenoxy) is 2. The zero-order chi connectivity index (χ0) is 12.1. The molecule has 1 aromatic rings. The minimum Gasteiger partial charge on any atom is -0.390 e. The fraction of sp³-hybridized carbons (Fsp3) is 0.571. The van der Waals surface area contributed by atoms with Crippen LogP contribution in [0, 0.1) is 0 Å². The number of hydrogen-bond acceptors (Lipinski definition) is 3. The van der Waals surface area contributed by atoms with Crippen LogP contribution in [0.4, 0.5) is 0 Å². The van der Waals surface area contributed by atoms with Crippen LogP contribution in [0.5, 0.6) is 0 Å². The largest absolute Gasteiger partial charge is 0.390 e. The van der Waals surface area contributed by atoms with Gasteiger partial charge in [-0.15, -0.1) is 0 Å². The lowest BCUT2D eigenvalue weighted by atomic mass is 9.92. The Kier molecular flexibility index (Phi) is 4.54. The van der Waals surface area contributed by atoms with E-state index in [1.54, 1.807) is 7.11 Å². The maximum Gasteiger partial charge on any atom is 0.0854 e. The van der Waals surface area contributed by atoms with Gasteiger partial charge < -0.3 is 14.6 Å². The first kappa shape index (κ1) is 12.6. The molecule has 0 spiro atoms. The molecule has 3 unspecified atom stereocenters.